The molecule has 2 heterocycles. The number of aliphatic hydroxyl groups is 1. The van der Waals surface area contributed by atoms with Gasteiger partial charge in [0.15, 0.2) is 11.6 Å². The highest BCUT2D eigenvalue weighted by molar-refractivity contribution is 5.88. The number of anilines is 1. The van der Waals surface area contributed by atoms with Gasteiger partial charge in [-0.3, -0.25) is 9.88 Å². The van der Waals surface area contributed by atoms with Gasteiger partial charge in [-0.25, -0.2) is 17.6 Å². The zero-order chi connectivity index (χ0) is 28.2. The van der Waals surface area contributed by atoms with Gasteiger partial charge in [-0.15, -0.1) is 0 Å². The van der Waals surface area contributed by atoms with E-state index in [9.17, 15) is 18.3 Å². The van der Waals surface area contributed by atoms with E-state index in [1.165, 1.54) is 0 Å². The van der Waals surface area contributed by atoms with E-state index < -0.39 is 29.0 Å². The largest absolute Gasteiger partial charge is 0.497 e. The topological polar surface area (TPSA) is 48.8 Å². The molecule has 0 amide bonds. The number of aliphatic hydroxyl groups excluding tert-OH is 1. The van der Waals surface area contributed by atoms with Gasteiger partial charge in [0, 0.05) is 37.7 Å². The van der Waals surface area contributed by atoms with Gasteiger partial charge in [-0.2, -0.15) is 0 Å². The quantitative estimate of drug-likeness (QED) is 0.226. The van der Waals surface area contributed by atoms with E-state index in [2.05, 4.69) is 16.8 Å². The Balaban J connectivity index is 1.43. The molecule has 9 heteroatoms. The van der Waals surface area contributed by atoms with E-state index in [0.29, 0.717) is 72.9 Å². The number of hydrogen-bond acceptors (Lipinski definition) is 5. The number of fused-ring (bicyclic) bond motifs is 1. The van der Waals surface area contributed by atoms with Gasteiger partial charge in [0.05, 0.1) is 36.6 Å². The number of nitrogens with zero attached hydrogens (tertiary/aromatic N) is 3. The van der Waals surface area contributed by atoms with Crippen molar-refractivity contribution in [2.75, 3.05) is 52.3 Å². The number of piperidine rings is 1. The summed E-state index contributed by atoms with van der Waals surface area (Å²) in [5.74, 6) is 2.60. The molecule has 1 aliphatic rings. The van der Waals surface area contributed by atoms with Crippen LogP contribution in [-0.2, 0) is 0 Å². The van der Waals surface area contributed by atoms with E-state index in [1.54, 1.807) is 19.4 Å². The first-order valence-corrected chi connectivity index (χ1v) is 12.9. The molecule has 1 saturated heterocycles. The first-order chi connectivity index (χ1) is 18.7. The summed E-state index contributed by atoms with van der Waals surface area (Å²) in [7, 11) is 5.28. The van der Waals surface area contributed by atoms with Gasteiger partial charge in [-0.1, -0.05) is 11.8 Å². The van der Waals surface area contributed by atoms with Gasteiger partial charge in [0.25, 0.3) is 0 Å². The molecule has 1 aromatic heterocycles. The monoisotopic (exact) mass is 543 g/mol. The van der Waals surface area contributed by atoms with Crippen LogP contribution in [0, 0.1) is 34.7 Å². The molecule has 1 N–H and O–H groups in total. The molecule has 0 radical (unpaired) electrons. The molecule has 1 atom stereocenters. The van der Waals surface area contributed by atoms with Gasteiger partial charge >= 0.3 is 0 Å². The van der Waals surface area contributed by atoms with Crippen LogP contribution in [0.1, 0.15) is 43.0 Å². The zero-order valence-electron chi connectivity index (χ0n) is 22.4. The van der Waals surface area contributed by atoms with Crippen LogP contribution in [0.15, 0.2) is 36.5 Å². The summed E-state index contributed by atoms with van der Waals surface area (Å²) in [5.41, 5.74) is 1.20. The maximum atomic E-state index is 16.0. The Hall–Kier alpha value is -3.35. The molecule has 39 heavy (non-hydrogen) atoms. The summed E-state index contributed by atoms with van der Waals surface area (Å²) in [6, 6.07) is 6.78. The smallest absolute Gasteiger partial charge is 0.174 e. The third-order valence-corrected chi connectivity index (χ3v) is 7.59. The first kappa shape index (κ1) is 28.7. The molecule has 0 saturated carbocycles. The van der Waals surface area contributed by atoms with Crippen molar-refractivity contribution in [2.45, 2.75) is 31.9 Å². The van der Waals surface area contributed by atoms with Gasteiger partial charge in [0.1, 0.15) is 17.7 Å². The lowest BCUT2D eigenvalue weighted by molar-refractivity contribution is 0.0345. The molecule has 2 aromatic carbocycles. The summed E-state index contributed by atoms with van der Waals surface area (Å²) >= 11 is 0. The Bertz CT molecular complexity index is 1380. The van der Waals surface area contributed by atoms with Gasteiger partial charge < -0.3 is 14.7 Å². The Morgan fingerprint density at radius 2 is 1.90 bits per heavy atom. The van der Waals surface area contributed by atoms with Crippen LogP contribution >= 0.6 is 0 Å². The van der Waals surface area contributed by atoms with E-state index >= 15 is 4.39 Å². The predicted molar refractivity (Wildman–Crippen MR) is 144 cm³/mol. The van der Waals surface area contributed by atoms with E-state index in [4.69, 9.17) is 4.74 Å². The summed E-state index contributed by atoms with van der Waals surface area (Å²) in [4.78, 5) is 8.37. The van der Waals surface area contributed by atoms with Crippen molar-refractivity contribution in [1.29, 1.82) is 0 Å². The molecule has 4 rings (SSSR count). The highest BCUT2D eigenvalue weighted by Crippen LogP contribution is 2.42. The number of ether oxygens (including phenoxy) is 1. The van der Waals surface area contributed by atoms with Crippen LogP contribution < -0.4 is 9.64 Å². The van der Waals surface area contributed by atoms with E-state index in [-0.39, 0.29) is 18.6 Å². The number of likely N-dealkylation sites (tertiary alicyclic amines) is 1. The lowest BCUT2D eigenvalue weighted by atomic mass is 9.74. The minimum atomic E-state index is -1.27. The minimum absolute atomic E-state index is 0.0571. The average Bonchev–Trinajstić information content (AvgIpc) is 2.94. The van der Waals surface area contributed by atoms with E-state index in [1.807, 2.05) is 36.0 Å². The second kappa shape index (κ2) is 12.2. The Labute approximate surface area is 226 Å². The lowest BCUT2D eigenvalue weighted by Gasteiger charge is -2.40. The van der Waals surface area contributed by atoms with Crippen LogP contribution in [-0.4, -0.2) is 62.4 Å². The SMILES string of the molecule is COc1ccc2ncc(N(C)C)c([C@H](F)CCC3(CO)CCN(CC#Cc4cc(F)cc(F)c4F)CC3)c2c1. The Kier molecular flexibility index (Phi) is 8.98. The number of methoxy groups -OCH3 is 1. The predicted octanol–water partition coefficient (Wildman–Crippen LogP) is 5.64. The molecular formula is C30H33F4N3O2. The second-order valence-electron chi connectivity index (χ2n) is 10.3. The summed E-state index contributed by atoms with van der Waals surface area (Å²) in [6.07, 6.45) is 2.44. The number of pyridine rings is 1. The number of aromatic nitrogens is 1. The second-order valence-corrected chi connectivity index (χ2v) is 10.3. The first-order valence-electron chi connectivity index (χ1n) is 12.9. The molecule has 0 unspecified atom stereocenters. The van der Waals surface area contributed by atoms with Crippen LogP contribution in [0.4, 0.5) is 23.2 Å². The molecular weight excluding hydrogens is 510 g/mol. The lowest BCUT2D eigenvalue weighted by Crippen LogP contribution is -2.42. The molecule has 1 fully saturated rings. The Morgan fingerprint density at radius 3 is 2.56 bits per heavy atom. The van der Waals surface area contributed by atoms with Crippen molar-refractivity contribution in [3.8, 4) is 17.6 Å². The van der Waals surface area contributed by atoms with Crippen LogP contribution in [0.2, 0.25) is 0 Å². The molecule has 1 aliphatic heterocycles. The van der Waals surface area contributed by atoms with Crippen molar-refractivity contribution < 1.29 is 27.4 Å². The highest BCUT2D eigenvalue weighted by Gasteiger charge is 2.35. The highest BCUT2D eigenvalue weighted by atomic mass is 19.2. The molecule has 0 aliphatic carbocycles. The van der Waals surface area contributed by atoms with E-state index in [0.717, 1.165) is 6.07 Å². The van der Waals surface area contributed by atoms with Crippen molar-refractivity contribution in [3.63, 3.8) is 0 Å². The van der Waals surface area contributed by atoms with Crippen molar-refractivity contribution in [2.24, 2.45) is 5.41 Å². The van der Waals surface area contributed by atoms with Crippen LogP contribution in [0.5, 0.6) is 5.75 Å². The zero-order valence-corrected chi connectivity index (χ0v) is 22.4. The number of benzene rings is 2. The summed E-state index contributed by atoms with van der Waals surface area (Å²) in [6.45, 7) is 1.47. The Morgan fingerprint density at radius 1 is 1.15 bits per heavy atom. The van der Waals surface area contributed by atoms with Crippen molar-refractivity contribution in [3.05, 3.63) is 65.1 Å². The number of halogens is 4. The molecule has 0 bridgehead atoms. The van der Waals surface area contributed by atoms with Crippen LogP contribution in [0.3, 0.4) is 0 Å². The standard InChI is InChI=1S/C30H33F4N3O2/c1-36(2)27-18-35-26-7-6-22(39-3)17-23(26)28(27)24(32)8-9-30(19-38)10-13-37(14-11-30)12-4-5-20-15-21(31)16-25(33)29(20)34/h6-7,15-18,24,38H,8-14,19H2,1-3H3/t24-/m1/s1. The number of hydrogen-bond donors (Lipinski definition) is 1. The maximum Gasteiger partial charge on any atom is 0.174 e. The fourth-order valence-corrected chi connectivity index (χ4v) is 5.14. The molecule has 3 aromatic rings. The van der Waals surface area contributed by atoms with Crippen LogP contribution in [0.25, 0.3) is 10.9 Å². The normalized spacial score (nSPS) is 16.0. The summed E-state index contributed by atoms with van der Waals surface area (Å²) in [5, 5.41) is 11.0. The molecule has 0 spiro atoms. The maximum absolute atomic E-state index is 16.0. The molecule has 208 valence electrons. The third kappa shape index (κ3) is 6.45. The number of alkyl halides is 1. The summed E-state index contributed by atoms with van der Waals surface area (Å²) < 4.78 is 62.0. The average molecular weight is 544 g/mol. The fraction of sp³-hybridized carbons (Fsp3) is 0.433. The number of rotatable bonds is 8. The molecule has 5 nitrogen and oxygen atoms in total. The van der Waals surface area contributed by atoms with Gasteiger partial charge in [0.2, 0.25) is 0 Å². The fourth-order valence-electron chi connectivity index (χ4n) is 5.14. The third-order valence-electron chi connectivity index (χ3n) is 7.59. The van der Waals surface area contributed by atoms with Gasteiger partial charge in [-0.05, 0) is 68.5 Å². The van der Waals surface area contributed by atoms with Crippen molar-refractivity contribution in [1.82, 2.24) is 9.88 Å². The minimum Gasteiger partial charge on any atom is -0.497 e. The van der Waals surface area contributed by atoms with Crippen molar-refractivity contribution >= 4 is 16.6 Å².